The van der Waals surface area contributed by atoms with Crippen LogP contribution in [0.1, 0.15) is 24.4 Å². The smallest absolute Gasteiger partial charge is 0.128 e. The van der Waals surface area contributed by atoms with Crippen LogP contribution in [0.25, 0.3) is 0 Å². The maximum Gasteiger partial charge on any atom is 0.128 e. The Labute approximate surface area is 111 Å². The van der Waals surface area contributed by atoms with Crippen LogP contribution in [0.5, 0.6) is 0 Å². The summed E-state index contributed by atoms with van der Waals surface area (Å²) in [5.74, 6) is 3.10. The molecule has 1 aromatic heterocycles. The van der Waals surface area contributed by atoms with E-state index in [1.807, 2.05) is 0 Å². The van der Waals surface area contributed by atoms with E-state index in [0.29, 0.717) is 11.6 Å². The van der Waals surface area contributed by atoms with E-state index in [1.165, 1.54) is 30.9 Å². The summed E-state index contributed by atoms with van der Waals surface area (Å²) in [5, 5.41) is 3.52. The minimum absolute atomic E-state index is 0.473. The van der Waals surface area contributed by atoms with E-state index in [9.17, 15) is 0 Å². The van der Waals surface area contributed by atoms with Crippen molar-refractivity contribution in [2.75, 3.05) is 24.5 Å². The topological polar surface area (TPSA) is 28.2 Å². The molecule has 1 aliphatic carbocycles. The van der Waals surface area contributed by atoms with Crippen molar-refractivity contribution in [1.29, 1.82) is 0 Å². The molecule has 1 N–H and O–H groups in total. The zero-order valence-corrected chi connectivity index (χ0v) is 11.5. The van der Waals surface area contributed by atoms with E-state index in [1.54, 1.807) is 0 Å². The predicted octanol–water partition coefficient (Wildman–Crippen LogP) is 1.53. The Kier molecular flexibility index (Phi) is 2.48. The number of aromatic nitrogens is 1. The lowest BCUT2D eigenvalue weighted by Gasteiger charge is -2.19. The molecule has 4 rings (SSSR count). The molecule has 0 spiro atoms. The number of anilines is 1. The van der Waals surface area contributed by atoms with Crippen molar-refractivity contribution in [3.8, 4) is 0 Å². The van der Waals surface area contributed by atoms with Gasteiger partial charge in [-0.15, -0.1) is 0 Å². The summed E-state index contributed by atoms with van der Waals surface area (Å²) in [4.78, 5) is 7.10. The Bertz CT molecular complexity index is 410. The Morgan fingerprint density at radius 1 is 1.22 bits per heavy atom. The lowest BCUT2D eigenvalue weighted by atomic mass is 10.1. The van der Waals surface area contributed by atoms with Gasteiger partial charge in [0.1, 0.15) is 5.82 Å². The van der Waals surface area contributed by atoms with Crippen LogP contribution < -0.4 is 10.2 Å². The summed E-state index contributed by atoms with van der Waals surface area (Å²) in [6.07, 6.45) is 4.67. The lowest BCUT2D eigenvalue weighted by molar-refractivity contribution is 0.644. The summed E-state index contributed by atoms with van der Waals surface area (Å²) in [5.41, 5.74) is 1.92. The molecule has 3 fully saturated rings. The number of pyridine rings is 1. The van der Waals surface area contributed by atoms with Gasteiger partial charge in [0.15, 0.2) is 0 Å². The highest BCUT2D eigenvalue weighted by molar-refractivity contribution is 6.12. The molecular weight excluding hydrogens is 238 g/mol. The van der Waals surface area contributed by atoms with Crippen LogP contribution in [-0.2, 0) is 0 Å². The Morgan fingerprint density at radius 3 is 2.67 bits per heavy atom. The van der Waals surface area contributed by atoms with E-state index in [-0.39, 0.29) is 0 Å². The van der Waals surface area contributed by atoms with Gasteiger partial charge in [-0.05, 0) is 48.4 Å². The van der Waals surface area contributed by atoms with Gasteiger partial charge >= 0.3 is 0 Å². The molecular formula is C14H18N3Si. The van der Waals surface area contributed by atoms with E-state index in [2.05, 4.69) is 43.8 Å². The van der Waals surface area contributed by atoms with Crippen molar-refractivity contribution in [3.63, 3.8) is 0 Å². The van der Waals surface area contributed by atoms with E-state index in [4.69, 9.17) is 0 Å². The summed E-state index contributed by atoms with van der Waals surface area (Å²) in [6, 6.07) is 4.91. The molecule has 0 bridgehead atoms. The Hall–Kier alpha value is -0.873. The van der Waals surface area contributed by atoms with E-state index >= 15 is 0 Å². The first-order valence-electron chi connectivity index (χ1n) is 6.95. The number of piperidine rings is 1. The minimum Gasteiger partial charge on any atom is -0.356 e. The standard InChI is InChI=1S/C14H18N3Si/c18-12-4-13(15-6-12)9-1-2-14(16-5-9)17-7-10-3-11(10)8-17/h1-2,5,10-13,15H,3-4,6-8H2/t10?,11?,12-,13?/m0/s1. The van der Waals surface area contributed by atoms with Gasteiger partial charge in [0.2, 0.25) is 0 Å². The highest BCUT2D eigenvalue weighted by Gasteiger charge is 2.45. The molecule has 1 saturated carbocycles. The largest absolute Gasteiger partial charge is 0.356 e. The average Bonchev–Trinajstić information content (AvgIpc) is 2.82. The zero-order chi connectivity index (χ0) is 12.1. The molecule has 3 nitrogen and oxygen atoms in total. The van der Waals surface area contributed by atoms with E-state index in [0.717, 1.165) is 24.8 Å². The van der Waals surface area contributed by atoms with Gasteiger partial charge in [0.05, 0.1) is 0 Å². The molecule has 3 aliphatic rings. The molecule has 3 unspecified atom stereocenters. The number of nitrogens with zero attached hydrogens (tertiary/aromatic N) is 2. The summed E-state index contributed by atoms with van der Waals surface area (Å²) < 4.78 is 0. The molecule has 18 heavy (non-hydrogen) atoms. The molecule has 0 aromatic carbocycles. The third-order valence-electron chi connectivity index (χ3n) is 4.61. The van der Waals surface area contributed by atoms with Crippen molar-refractivity contribution in [1.82, 2.24) is 10.3 Å². The fourth-order valence-corrected chi connectivity index (χ4v) is 3.72. The number of hydrogen-bond donors (Lipinski definition) is 1. The van der Waals surface area contributed by atoms with Crippen molar-refractivity contribution in [2.24, 2.45) is 11.8 Å². The van der Waals surface area contributed by atoms with Crippen LogP contribution in [0.3, 0.4) is 0 Å². The first-order valence-corrected chi connectivity index (χ1v) is 7.53. The molecule has 1 aromatic rings. The first kappa shape index (κ1) is 11.0. The SMILES string of the molecule is [Si][C@@H]1CNC(c2ccc(N3CC4CC4C3)nc2)C1. The van der Waals surface area contributed by atoms with Crippen molar-refractivity contribution >= 4 is 16.1 Å². The Morgan fingerprint density at radius 2 is 2.06 bits per heavy atom. The molecule has 0 amide bonds. The van der Waals surface area contributed by atoms with Gasteiger partial charge in [-0.1, -0.05) is 6.07 Å². The molecule has 4 heteroatoms. The number of nitrogens with one attached hydrogen (secondary N) is 1. The number of fused-ring (bicyclic) bond motifs is 1. The summed E-state index contributed by atoms with van der Waals surface area (Å²) in [7, 11) is 3.71. The molecule has 2 saturated heterocycles. The van der Waals surface area contributed by atoms with Crippen LogP contribution in [0.2, 0.25) is 5.54 Å². The molecule has 3 radical (unpaired) electrons. The van der Waals surface area contributed by atoms with Gasteiger partial charge < -0.3 is 10.2 Å². The minimum atomic E-state index is 0.473. The van der Waals surface area contributed by atoms with Crippen molar-refractivity contribution in [2.45, 2.75) is 24.4 Å². The maximum atomic E-state index is 4.66. The van der Waals surface area contributed by atoms with Crippen LogP contribution in [0.4, 0.5) is 5.82 Å². The van der Waals surface area contributed by atoms with Crippen LogP contribution >= 0.6 is 0 Å². The second-order valence-electron chi connectivity index (χ2n) is 6.00. The maximum absolute atomic E-state index is 4.66. The monoisotopic (exact) mass is 256 g/mol. The fraction of sp³-hybridized carbons (Fsp3) is 0.643. The quantitative estimate of drug-likeness (QED) is 0.813. The normalized spacial score (nSPS) is 37.9. The van der Waals surface area contributed by atoms with Gasteiger partial charge in [-0.2, -0.15) is 0 Å². The lowest BCUT2D eigenvalue weighted by Crippen LogP contribution is -2.23. The van der Waals surface area contributed by atoms with Gasteiger partial charge in [-0.25, -0.2) is 4.98 Å². The second kappa shape index (κ2) is 4.07. The third kappa shape index (κ3) is 1.87. The number of hydrogen-bond acceptors (Lipinski definition) is 3. The third-order valence-corrected chi connectivity index (χ3v) is 5.05. The predicted molar refractivity (Wildman–Crippen MR) is 72.9 cm³/mol. The molecule has 2 aliphatic heterocycles. The number of rotatable bonds is 2. The van der Waals surface area contributed by atoms with Crippen molar-refractivity contribution in [3.05, 3.63) is 23.9 Å². The van der Waals surface area contributed by atoms with Gasteiger partial charge in [-0.3, -0.25) is 0 Å². The fourth-order valence-electron chi connectivity index (χ4n) is 3.37. The van der Waals surface area contributed by atoms with Crippen molar-refractivity contribution < 1.29 is 0 Å². The van der Waals surface area contributed by atoms with Gasteiger partial charge in [0.25, 0.3) is 0 Å². The average molecular weight is 256 g/mol. The zero-order valence-electron chi connectivity index (χ0n) is 10.5. The Balaban J connectivity index is 1.47. The summed E-state index contributed by atoms with van der Waals surface area (Å²) in [6.45, 7) is 3.50. The van der Waals surface area contributed by atoms with Gasteiger partial charge in [0, 0.05) is 35.6 Å². The molecule has 3 heterocycles. The summed E-state index contributed by atoms with van der Waals surface area (Å²) >= 11 is 0. The van der Waals surface area contributed by atoms with E-state index < -0.39 is 0 Å². The molecule has 93 valence electrons. The van der Waals surface area contributed by atoms with Crippen LogP contribution in [0, 0.1) is 11.8 Å². The molecule has 4 atom stereocenters. The highest BCUT2D eigenvalue weighted by Crippen LogP contribution is 2.45. The van der Waals surface area contributed by atoms with Crippen LogP contribution in [0.15, 0.2) is 18.3 Å². The van der Waals surface area contributed by atoms with Crippen LogP contribution in [-0.4, -0.2) is 34.9 Å². The highest BCUT2D eigenvalue weighted by atomic mass is 28.1. The second-order valence-corrected chi connectivity index (χ2v) is 6.82. The first-order chi connectivity index (χ1) is 8.79.